The van der Waals surface area contributed by atoms with Gasteiger partial charge in [-0.25, -0.2) is 13.1 Å². The van der Waals surface area contributed by atoms with Crippen LogP contribution >= 0.6 is 0 Å². The average Bonchev–Trinajstić information content (AvgIpc) is 3.62. The first-order valence-electron chi connectivity index (χ1n) is 12.9. The van der Waals surface area contributed by atoms with Gasteiger partial charge in [0.2, 0.25) is 21.8 Å². The van der Waals surface area contributed by atoms with Gasteiger partial charge in [0, 0.05) is 43.7 Å². The van der Waals surface area contributed by atoms with E-state index in [4.69, 9.17) is 0 Å². The molecular weight excluding hydrogens is 450 g/mol. The second kappa shape index (κ2) is 10.4. The minimum absolute atomic E-state index is 0.0629. The van der Waals surface area contributed by atoms with Crippen LogP contribution in [0.25, 0.3) is 0 Å². The van der Waals surface area contributed by atoms with Crippen LogP contribution in [0.3, 0.4) is 0 Å². The zero-order chi connectivity index (χ0) is 24.5. The molecule has 3 aliphatic rings. The van der Waals surface area contributed by atoms with Crippen LogP contribution in [-0.4, -0.2) is 51.3 Å². The highest BCUT2D eigenvalue weighted by molar-refractivity contribution is 7.89. The standard InChI is InChI=1S/C26H39N3O4S/c1-4-5-14-28(3)25(30)20-8-6-19(7-9-20)17-27-34(32,33)23-12-13-24-22(16-23)15-18(2)29(24)26(31)21-10-11-21/h12-13,16,18-21,27H,4-11,14-15,17H2,1-3H3/t18-,19?,20?/m1/s1. The molecule has 1 aromatic rings. The van der Waals surface area contributed by atoms with Gasteiger partial charge in [0.1, 0.15) is 0 Å². The summed E-state index contributed by atoms with van der Waals surface area (Å²) in [7, 11) is -1.74. The van der Waals surface area contributed by atoms with Crippen LogP contribution in [0.2, 0.25) is 0 Å². The molecule has 1 aromatic carbocycles. The summed E-state index contributed by atoms with van der Waals surface area (Å²) in [6, 6.07) is 5.21. The van der Waals surface area contributed by atoms with Crippen molar-refractivity contribution in [2.75, 3.05) is 25.0 Å². The molecule has 1 aliphatic heterocycles. The molecule has 0 spiro atoms. The molecule has 8 heteroatoms. The van der Waals surface area contributed by atoms with Crippen LogP contribution in [0.4, 0.5) is 5.69 Å². The number of carbonyl (C=O) groups is 2. The molecule has 4 rings (SSSR count). The number of nitrogens with one attached hydrogen (secondary N) is 1. The molecule has 0 radical (unpaired) electrons. The lowest BCUT2D eigenvalue weighted by Gasteiger charge is -2.30. The number of carbonyl (C=O) groups excluding carboxylic acids is 2. The van der Waals surface area contributed by atoms with E-state index in [-0.39, 0.29) is 40.5 Å². The van der Waals surface area contributed by atoms with Gasteiger partial charge in [-0.1, -0.05) is 13.3 Å². The van der Waals surface area contributed by atoms with Crippen LogP contribution in [0.5, 0.6) is 0 Å². The lowest BCUT2D eigenvalue weighted by molar-refractivity contribution is -0.135. The predicted octanol–water partition coefficient (Wildman–Crippen LogP) is 3.72. The molecule has 1 atom stereocenters. The fraction of sp³-hybridized carbons (Fsp3) is 0.692. The summed E-state index contributed by atoms with van der Waals surface area (Å²) in [5.74, 6) is 0.857. The molecule has 1 heterocycles. The van der Waals surface area contributed by atoms with E-state index in [1.807, 2.05) is 23.8 Å². The summed E-state index contributed by atoms with van der Waals surface area (Å²) >= 11 is 0. The van der Waals surface area contributed by atoms with E-state index in [2.05, 4.69) is 11.6 Å². The van der Waals surface area contributed by atoms with E-state index in [0.29, 0.717) is 13.0 Å². The maximum absolute atomic E-state index is 13.0. The first-order chi connectivity index (χ1) is 16.2. The smallest absolute Gasteiger partial charge is 0.240 e. The third-order valence-corrected chi connectivity index (χ3v) is 9.14. The second-order valence-electron chi connectivity index (χ2n) is 10.5. The predicted molar refractivity (Wildman–Crippen MR) is 133 cm³/mol. The molecule has 1 N–H and O–H groups in total. The Balaban J connectivity index is 1.31. The van der Waals surface area contributed by atoms with Crippen molar-refractivity contribution in [2.45, 2.75) is 82.6 Å². The lowest BCUT2D eigenvalue weighted by Crippen LogP contribution is -2.37. The Kier molecular flexibility index (Phi) is 7.67. The second-order valence-corrected chi connectivity index (χ2v) is 12.3. The number of fused-ring (bicyclic) bond motifs is 1. The minimum atomic E-state index is -3.62. The molecule has 34 heavy (non-hydrogen) atoms. The Morgan fingerprint density at radius 3 is 2.41 bits per heavy atom. The number of rotatable bonds is 9. The van der Waals surface area contributed by atoms with E-state index in [0.717, 1.165) is 69.2 Å². The van der Waals surface area contributed by atoms with Gasteiger partial charge in [-0.15, -0.1) is 0 Å². The number of hydrogen-bond acceptors (Lipinski definition) is 4. The molecule has 188 valence electrons. The van der Waals surface area contributed by atoms with Crippen LogP contribution in [0, 0.1) is 17.8 Å². The molecule has 0 aromatic heterocycles. The fourth-order valence-corrected chi connectivity index (χ4v) is 6.55. The van der Waals surface area contributed by atoms with Crippen molar-refractivity contribution in [3.05, 3.63) is 23.8 Å². The number of anilines is 1. The van der Waals surface area contributed by atoms with Crippen LogP contribution < -0.4 is 9.62 Å². The molecular formula is C26H39N3O4S. The largest absolute Gasteiger partial charge is 0.346 e. The topological polar surface area (TPSA) is 86.8 Å². The van der Waals surface area contributed by atoms with Gasteiger partial charge in [0.05, 0.1) is 4.90 Å². The van der Waals surface area contributed by atoms with E-state index in [1.54, 1.807) is 18.2 Å². The highest BCUT2D eigenvalue weighted by Gasteiger charge is 2.40. The molecule has 0 unspecified atom stereocenters. The van der Waals surface area contributed by atoms with E-state index in [9.17, 15) is 18.0 Å². The molecule has 2 amide bonds. The highest BCUT2D eigenvalue weighted by Crippen LogP contribution is 2.39. The normalized spacial score (nSPS) is 24.7. The van der Waals surface area contributed by atoms with Crippen LogP contribution in [0.1, 0.15) is 70.8 Å². The van der Waals surface area contributed by atoms with Gasteiger partial charge in [0.25, 0.3) is 0 Å². The minimum Gasteiger partial charge on any atom is -0.346 e. The Morgan fingerprint density at radius 2 is 1.76 bits per heavy atom. The molecule has 7 nitrogen and oxygen atoms in total. The summed E-state index contributed by atoms with van der Waals surface area (Å²) in [5.41, 5.74) is 1.78. The number of hydrogen-bond donors (Lipinski definition) is 1. The zero-order valence-corrected chi connectivity index (χ0v) is 21.6. The number of benzene rings is 1. The van der Waals surface area contributed by atoms with Crippen LogP contribution in [0.15, 0.2) is 23.1 Å². The first-order valence-corrected chi connectivity index (χ1v) is 14.4. The van der Waals surface area contributed by atoms with Crippen molar-refractivity contribution in [1.82, 2.24) is 9.62 Å². The first kappa shape index (κ1) is 25.2. The van der Waals surface area contributed by atoms with E-state index < -0.39 is 10.0 Å². The van der Waals surface area contributed by atoms with Gasteiger partial charge < -0.3 is 9.80 Å². The molecule has 0 bridgehead atoms. The summed E-state index contributed by atoms with van der Waals surface area (Å²) in [5, 5.41) is 0. The summed E-state index contributed by atoms with van der Waals surface area (Å²) < 4.78 is 28.8. The quantitative estimate of drug-likeness (QED) is 0.573. The molecule has 2 fully saturated rings. The van der Waals surface area contributed by atoms with Crippen molar-refractivity contribution in [3.63, 3.8) is 0 Å². The third-order valence-electron chi connectivity index (χ3n) is 7.72. The SMILES string of the molecule is CCCCN(C)C(=O)C1CCC(CNS(=O)(=O)c2ccc3c(c2)C[C@@H](C)N3C(=O)C2CC2)CC1. The monoisotopic (exact) mass is 489 g/mol. The molecule has 2 aliphatic carbocycles. The number of sulfonamides is 1. The third kappa shape index (κ3) is 5.48. The summed E-state index contributed by atoms with van der Waals surface area (Å²) in [4.78, 5) is 29.3. The number of nitrogens with zero attached hydrogens (tertiary/aromatic N) is 2. The van der Waals surface area contributed by atoms with Crippen molar-refractivity contribution < 1.29 is 18.0 Å². The summed E-state index contributed by atoms with van der Waals surface area (Å²) in [6.07, 6.45) is 8.06. The van der Waals surface area contributed by atoms with Gasteiger partial charge >= 0.3 is 0 Å². The fourth-order valence-electron chi connectivity index (χ4n) is 5.38. The molecule has 0 saturated heterocycles. The van der Waals surface area contributed by atoms with Crippen molar-refractivity contribution in [3.8, 4) is 0 Å². The molecule has 2 saturated carbocycles. The Labute approximate surface area is 204 Å². The van der Waals surface area contributed by atoms with Gasteiger partial charge in [-0.05, 0) is 88.0 Å². The maximum Gasteiger partial charge on any atom is 0.240 e. The van der Waals surface area contributed by atoms with Crippen molar-refractivity contribution in [2.24, 2.45) is 17.8 Å². The summed E-state index contributed by atoms with van der Waals surface area (Å²) in [6.45, 7) is 5.35. The van der Waals surface area contributed by atoms with Crippen molar-refractivity contribution in [1.29, 1.82) is 0 Å². The number of unbranched alkanes of at least 4 members (excludes halogenated alkanes) is 1. The van der Waals surface area contributed by atoms with Crippen molar-refractivity contribution >= 4 is 27.5 Å². The van der Waals surface area contributed by atoms with Gasteiger partial charge in [0.15, 0.2) is 0 Å². The lowest BCUT2D eigenvalue weighted by atomic mass is 9.81. The Morgan fingerprint density at radius 1 is 1.09 bits per heavy atom. The number of amides is 2. The Bertz CT molecular complexity index is 1010. The average molecular weight is 490 g/mol. The maximum atomic E-state index is 13.0. The van der Waals surface area contributed by atoms with Crippen LogP contribution in [-0.2, 0) is 26.0 Å². The van der Waals surface area contributed by atoms with E-state index in [1.165, 1.54) is 0 Å². The zero-order valence-electron chi connectivity index (χ0n) is 20.8. The van der Waals surface area contributed by atoms with Gasteiger partial charge in [-0.3, -0.25) is 9.59 Å². The Hall–Kier alpha value is -1.93. The van der Waals surface area contributed by atoms with E-state index >= 15 is 0 Å². The highest BCUT2D eigenvalue weighted by atomic mass is 32.2. The van der Waals surface area contributed by atoms with Gasteiger partial charge in [-0.2, -0.15) is 0 Å².